The molecule has 1 aliphatic heterocycles. The Hall–Kier alpha value is -3.74. The number of hydrogen-bond donors (Lipinski definition) is 2. The van der Waals surface area contributed by atoms with Crippen molar-refractivity contribution in [2.24, 2.45) is 0 Å². The second-order valence-corrected chi connectivity index (χ2v) is 8.65. The summed E-state index contributed by atoms with van der Waals surface area (Å²) in [7, 11) is 0. The quantitative estimate of drug-likeness (QED) is 0.500. The maximum Gasteiger partial charge on any atom is 0.253 e. The molecule has 0 atom stereocenters. The van der Waals surface area contributed by atoms with Gasteiger partial charge in [0, 0.05) is 39.3 Å². The fourth-order valence-electron chi connectivity index (χ4n) is 4.09. The first-order valence-electron chi connectivity index (χ1n) is 12.0. The van der Waals surface area contributed by atoms with Gasteiger partial charge in [-0.2, -0.15) is 0 Å². The van der Waals surface area contributed by atoms with Gasteiger partial charge < -0.3 is 10.6 Å². The van der Waals surface area contributed by atoms with Crippen LogP contribution >= 0.6 is 0 Å². The van der Waals surface area contributed by atoms with Crippen LogP contribution in [0.2, 0.25) is 0 Å². The van der Waals surface area contributed by atoms with Gasteiger partial charge in [-0.05, 0) is 23.3 Å². The number of carbonyl (C=O) groups excluding carboxylic acids is 2. The van der Waals surface area contributed by atoms with Gasteiger partial charge in [0.05, 0.1) is 17.8 Å². The monoisotopic (exact) mass is 468 g/mol. The van der Waals surface area contributed by atoms with E-state index in [-0.39, 0.29) is 11.8 Å². The summed E-state index contributed by atoms with van der Waals surface area (Å²) in [6, 6.07) is 27.2. The third kappa shape index (κ3) is 7.64. The Morgan fingerprint density at radius 2 is 1.40 bits per heavy atom. The van der Waals surface area contributed by atoms with Crippen LogP contribution in [0, 0.1) is 0 Å². The molecule has 0 saturated carbocycles. The molecule has 1 aliphatic rings. The fourth-order valence-corrected chi connectivity index (χ4v) is 4.09. The largest absolute Gasteiger partial charge is 0.348 e. The summed E-state index contributed by atoms with van der Waals surface area (Å²) in [5, 5.41) is 5.86. The summed E-state index contributed by atoms with van der Waals surface area (Å²) in [5.74, 6) is -0.312. The first kappa shape index (κ1) is 24.4. The van der Waals surface area contributed by atoms with E-state index in [1.165, 1.54) is 5.56 Å². The fraction of sp³-hybridized carbons (Fsp3) is 0.241. The molecule has 1 heterocycles. The number of nitrogens with zero attached hydrogens (tertiary/aromatic N) is 2. The van der Waals surface area contributed by atoms with Crippen LogP contribution in [0.15, 0.2) is 91.0 Å². The topological polar surface area (TPSA) is 64.7 Å². The lowest BCUT2D eigenvalue weighted by molar-refractivity contribution is -0.117. The van der Waals surface area contributed by atoms with Crippen LogP contribution < -0.4 is 10.6 Å². The number of rotatable bonds is 9. The lowest BCUT2D eigenvalue weighted by Gasteiger charge is -2.33. The van der Waals surface area contributed by atoms with Gasteiger partial charge in [0.2, 0.25) is 5.91 Å². The van der Waals surface area contributed by atoms with Crippen molar-refractivity contribution in [3.8, 4) is 0 Å². The normalized spacial score (nSPS) is 14.6. The zero-order valence-electron chi connectivity index (χ0n) is 19.9. The molecule has 0 aromatic heterocycles. The minimum absolute atomic E-state index is 0.106. The Bertz CT molecular complexity index is 1120. The number of carbonyl (C=O) groups is 2. The molecule has 2 N–H and O–H groups in total. The van der Waals surface area contributed by atoms with E-state index in [4.69, 9.17) is 0 Å². The van der Waals surface area contributed by atoms with Crippen molar-refractivity contribution in [3.63, 3.8) is 0 Å². The van der Waals surface area contributed by atoms with Crippen molar-refractivity contribution in [3.05, 3.63) is 108 Å². The molecular weight excluding hydrogens is 436 g/mol. The van der Waals surface area contributed by atoms with Crippen molar-refractivity contribution in [1.29, 1.82) is 0 Å². The van der Waals surface area contributed by atoms with Crippen LogP contribution in [0.1, 0.15) is 21.5 Å². The first-order chi connectivity index (χ1) is 17.2. The minimum Gasteiger partial charge on any atom is -0.348 e. The number of benzene rings is 3. The van der Waals surface area contributed by atoms with E-state index in [1.54, 1.807) is 18.2 Å². The molecule has 4 rings (SSSR count). The molecule has 0 unspecified atom stereocenters. The summed E-state index contributed by atoms with van der Waals surface area (Å²) in [4.78, 5) is 30.0. The van der Waals surface area contributed by atoms with Crippen molar-refractivity contribution in [1.82, 2.24) is 15.1 Å². The molecule has 6 heteroatoms. The SMILES string of the molecule is O=C(CN1CCN(C/C=C/c2ccccc2)CC1)Nc1ccccc1C(=O)NCc1ccccc1. The molecular formula is C29H32N4O2. The lowest BCUT2D eigenvalue weighted by atomic mass is 10.1. The highest BCUT2D eigenvalue weighted by Crippen LogP contribution is 2.15. The molecule has 1 saturated heterocycles. The summed E-state index contributed by atoms with van der Waals surface area (Å²) in [6.45, 7) is 5.17. The van der Waals surface area contributed by atoms with Crippen molar-refractivity contribution >= 4 is 23.6 Å². The number of nitrogens with one attached hydrogen (secondary N) is 2. The van der Waals surface area contributed by atoms with Crippen LogP contribution in [-0.2, 0) is 11.3 Å². The van der Waals surface area contributed by atoms with Gasteiger partial charge in [-0.25, -0.2) is 0 Å². The molecule has 1 fully saturated rings. The second-order valence-electron chi connectivity index (χ2n) is 8.65. The molecule has 0 spiro atoms. The Kier molecular flexibility index (Phi) is 8.81. The highest BCUT2D eigenvalue weighted by atomic mass is 16.2. The lowest BCUT2D eigenvalue weighted by Crippen LogP contribution is -2.48. The number of anilines is 1. The molecule has 2 amide bonds. The van der Waals surface area contributed by atoms with E-state index in [0.717, 1.165) is 38.3 Å². The van der Waals surface area contributed by atoms with Crippen LogP contribution in [0.25, 0.3) is 6.08 Å². The third-order valence-electron chi connectivity index (χ3n) is 6.05. The average molecular weight is 469 g/mol. The average Bonchev–Trinajstić information content (AvgIpc) is 2.90. The molecule has 0 aliphatic carbocycles. The van der Waals surface area contributed by atoms with Crippen LogP contribution in [0.3, 0.4) is 0 Å². The van der Waals surface area contributed by atoms with Crippen LogP contribution in [0.4, 0.5) is 5.69 Å². The first-order valence-corrected chi connectivity index (χ1v) is 12.0. The van der Waals surface area contributed by atoms with Crippen LogP contribution in [0.5, 0.6) is 0 Å². The van der Waals surface area contributed by atoms with Crippen molar-refractivity contribution in [2.75, 3.05) is 44.6 Å². The Morgan fingerprint density at radius 1 is 0.771 bits per heavy atom. The van der Waals surface area contributed by atoms with Gasteiger partial charge in [-0.1, -0.05) is 84.9 Å². The summed E-state index contributed by atoms with van der Waals surface area (Å²) in [6.07, 6.45) is 4.34. The van der Waals surface area contributed by atoms with Crippen molar-refractivity contribution < 1.29 is 9.59 Å². The predicted octanol–water partition coefficient (Wildman–Crippen LogP) is 3.89. The summed E-state index contributed by atoms with van der Waals surface area (Å²) >= 11 is 0. The second kappa shape index (κ2) is 12.6. The highest BCUT2D eigenvalue weighted by molar-refractivity contribution is 6.04. The van der Waals surface area contributed by atoms with Gasteiger partial charge in [0.15, 0.2) is 0 Å². The smallest absolute Gasteiger partial charge is 0.253 e. The number of para-hydroxylation sites is 1. The van der Waals surface area contributed by atoms with Crippen LogP contribution in [-0.4, -0.2) is 60.9 Å². The zero-order valence-corrected chi connectivity index (χ0v) is 19.9. The minimum atomic E-state index is -0.207. The Balaban J connectivity index is 1.22. The molecule has 180 valence electrons. The van der Waals surface area contributed by atoms with Gasteiger partial charge in [0.25, 0.3) is 5.91 Å². The molecule has 3 aromatic rings. The third-order valence-corrected chi connectivity index (χ3v) is 6.05. The van der Waals surface area contributed by atoms with E-state index < -0.39 is 0 Å². The van der Waals surface area contributed by atoms with E-state index in [1.807, 2.05) is 54.6 Å². The summed E-state index contributed by atoms with van der Waals surface area (Å²) in [5.41, 5.74) is 3.23. The Labute approximate surface area is 207 Å². The maximum atomic E-state index is 12.7. The predicted molar refractivity (Wildman–Crippen MR) is 141 cm³/mol. The summed E-state index contributed by atoms with van der Waals surface area (Å²) < 4.78 is 0. The highest BCUT2D eigenvalue weighted by Gasteiger charge is 2.19. The molecule has 0 bridgehead atoms. The molecule has 0 radical (unpaired) electrons. The number of piperazine rings is 1. The number of hydrogen-bond acceptors (Lipinski definition) is 4. The maximum absolute atomic E-state index is 12.7. The Morgan fingerprint density at radius 3 is 2.14 bits per heavy atom. The standard InChI is InChI=1S/C29H32N4O2/c34-28(23-33-20-18-32(19-21-33)17-9-14-24-10-3-1-4-11-24)31-27-16-8-7-15-26(27)29(35)30-22-25-12-5-2-6-13-25/h1-16H,17-23H2,(H,30,35)(H,31,34)/b14-9+. The van der Waals surface area contributed by atoms with E-state index >= 15 is 0 Å². The molecule has 3 aromatic carbocycles. The van der Waals surface area contributed by atoms with Gasteiger partial charge >= 0.3 is 0 Å². The molecule has 35 heavy (non-hydrogen) atoms. The zero-order chi connectivity index (χ0) is 24.3. The van der Waals surface area contributed by atoms with Gasteiger partial charge in [-0.3, -0.25) is 19.4 Å². The van der Waals surface area contributed by atoms with E-state index in [2.05, 4.69) is 44.7 Å². The van der Waals surface area contributed by atoms with E-state index in [0.29, 0.717) is 24.3 Å². The van der Waals surface area contributed by atoms with Crippen molar-refractivity contribution in [2.45, 2.75) is 6.54 Å². The van der Waals surface area contributed by atoms with Gasteiger partial charge in [0.1, 0.15) is 0 Å². The number of amides is 2. The van der Waals surface area contributed by atoms with E-state index in [9.17, 15) is 9.59 Å². The molecule has 6 nitrogen and oxygen atoms in total. The van der Waals surface area contributed by atoms with Gasteiger partial charge in [-0.15, -0.1) is 0 Å².